The number of benzene rings is 3. The second-order valence-corrected chi connectivity index (χ2v) is 9.69. The molecule has 4 rings (SSSR count). The number of anilines is 1. The van der Waals surface area contributed by atoms with Crippen molar-refractivity contribution in [1.29, 1.82) is 0 Å². The van der Waals surface area contributed by atoms with Gasteiger partial charge in [0, 0.05) is 18.3 Å². The Morgan fingerprint density at radius 1 is 0.925 bits per heavy atom. The van der Waals surface area contributed by atoms with Crippen molar-refractivity contribution in [2.45, 2.75) is 32.9 Å². The van der Waals surface area contributed by atoms with Crippen molar-refractivity contribution < 1.29 is 23.8 Å². The van der Waals surface area contributed by atoms with Gasteiger partial charge in [-0.25, -0.2) is 4.68 Å². The molecule has 2 amide bonds. The molecule has 1 heterocycles. The summed E-state index contributed by atoms with van der Waals surface area (Å²) >= 11 is 0. The minimum atomic E-state index is -0.988. The van der Waals surface area contributed by atoms with Gasteiger partial charge in [-0.05, 0) is 54.3 Å². The van der Waals surface area contributed by atoms with Gasteiger partial charge in [0.25, 0.3) is 0 Å². The normalized spacial score (nSPS) is 11.8. The van der Waals surface area contributed by atoms with E-state index in [2.05, 4.69) is 29.5 Å². The Bertz CT molecular complexity index is 1450. The minimum absolute atomic E-state index is 0.138. The Labute approximate surface area is 233 Å². The highest BCUT2D eigenvalue weighted by atomic mass is 16.5. The maximum Gasteiger partial charge on any atom is 0.249 e. The molecule has 1 atom stereocenters. The van der Waals surface area contributed by atoms with Crippen LogP contribution in [0.15, 0.2) is 66.7 Å². The van der Waals surface area contributed by atoms with Gasteiger partial charge in [-0.3, -0.25) is 14.5 Å². The predicted octanol–water partition coefficient (Wildman–Crippen LogP) is 4.39. The molecule has 0 unspecified atom stereocenters. The molecule has 0 saturated heterocycles. The van der Waals surface area contributed by atoms with Crippen LogP contribution in [-0.4, -0.2) is 54.7 Å². The van der Waals surface area contributed by atoms with Crippen molar-refractivity contribution in [1.82, 2.24) is 20.3 Å². The third kappa shape index (κ3) is 6.33. The molecule has 1 N–H and O–H groups in total. The van der Waals surface area contributed by atoms with E-state index < -0.39 is 6.04 Å². The first-order valence-electron chi connectivity index (χ1n) is 13.1. The van der Waals surface area contributed by atoms with Gasteiger partial charge in [0.2, 0.25) is 11.8 Å². The largest absolute Gasteiger partial charge is 0.497 e. The van der Waals surface area contributed by atoms with Crippen LogP contribution < -0.4 is 24.4 Å². The number of amides is 2. The molecule has 10 nitrogen and oxygen atoms in total. The molecule has 4 aromatic rings. The van der Waals surface area contributed by atoms with Gasteiger partial charge in [0.1, 0.15) is 23.9 Å². The molecule has 210 valence electrons. The SMILES string of the molecule is COc1ccc([C@@H](C(=O)NCCC(C)C)N(C(=O)Cn2nnc3ccccc32)c2ccc(OC)c(OC)c2)cc1. The Hall–Kier alpha value is -4.60. The molecular weight excluding hydrogens is 510 g/mol. The number of methoxy groups -OCH3 is 3. The van der Waals surface area contributed by atoms with Crippen LogP contribution >= 0.6 is 0 Å². The van der Waals surface area contributed by atoms with Gasteiger partial charge in [0.15, 0.2) is 11.5 Å². The van der Waals surface area contributed by atoms with Crippen LogP contribution in [0.1, 0.15) is 31.9 Å². The lowest BCUT2D eigenvalue weighted by molar-refractivity contribution is -0.127. The average Bonchev–Trinajstić information content (AvgIpc) is 3.37. The summed E-state index contributed by atoms with van der Waals surface area (Å²) in [6, 6.07) is 18.7. The fourth-order valence-electron chi connectivity index (χ4n) is 4.43. The van der Waals surface area contributed by atoms with Crippen molar-refractivity contribution in [3.63, 3.8) is 0 Å². The Kier molecular flexibility index (Phi) is 9.21. The fraction of sp³-hybridized carbons (Fsp3) is 0.333. The molecule has 0 saturated carbocycles. The molecule has 0 fully saturated rings. The van der Waals surface area contributed by atoms with E-state index in [9.17, 15) is 9.59 Å². The zero-order chi connectivity index (χ0) is 28.6. The van der Waals surface area contributed by atoms with Gasteiger partial charge in [-0.2, -0.15) is 0 Å². The van der Waals surface area contributed by atoms with Crippen LogP contribution in [0.3, 0.4) is 0 Å². The smallest absolute Gasteiger partial charge is 0.249 e. The molecule has 1 aromatic heterocycles. The van der Waals surface area contributed by atoms with Crippen LogP contribution in [0, 0.1) is 5.92 Å². The van der Waals surface area contributed by atoms with Crippen molar-refractivity contribution in [3.8, 4) is 17.2 Å². The number of fused-ring (bicyclic) bond motifs is 1. The molecule has 0 bridgehead atoms. The zero-order valence-electron chi connectivity index (χ0n) is 23.5. The van der Waals surface area contributed by atoms with Gasteiger partial charge < -0.3 is 19.5 Å². The Morgan fingerprint density at radius 2 is 1.65 bits per heavy atom. The Morgan fingerprint density at radius 3 is 2.33 bits per heavy atom. The highest BCUT2D eigenvalue weighted by molar-refractivity contribution is 6.01. The van der Waals surface area contributed by atoms with Crippen LogP contribution in [0.4, 0.5) is 5.69 Å². The van der Waals surface area contributed by atoms with E-state index in [0.717, 1.165) is 6.42 Å². The lowest BCUT2D eigenvalue weighted by Gasteiger charge is -2.32. The van der Waals surface area contributed by atoms with Gasteiger partial charge in [-0.15, -0.1) is 5.10 Å². The average molecular weight is 546 g/mol. The van der Waals surface area contributed by atoms with Gasteiger partial charge >= 0.3 is 0 Å². The highest BCUT2D eigenvalue weighted by Crippen LogP contribution is 2.36. The van der Waals surface area contributed by atoms with Crippen molar-refractivity contribution in [2.24, 2.45) is 5.92 Å². The first kappa shape index (κ1) is 28.4. The summed E-state index contributed by atoms with van der Waals surface area (Å²) in [5.41, 5.74) is 2.47. The molecule has 10 heteroatoms. The predicted molar refractivity (Wildman–Crippen MR) is 153 cm³/mol. The van der Waals surface area contributed by atoms with E-state index >= 15 is 0 Å². The summed E-state index contributed by atoms with van der Waals surface area (Å²) in [4.78, 5) is 29.5. The monoisotopic (exact) mass is 545 g/mol. The summed E-state index contributed by atoms with van der Waals surface area (Å²) in [6.07, 6.45) is 0.802. The van der Waals surface area contributed by atoms with Crippen LogP contribution in [0.2, 0.25) is 0 Å². The summed E-state index contributed by atoms with van der Waals surface area (Å²) in [5.74, 6) is 1.31. The molecule has 3 aromatic carbocycles. The van der Waals surface area contributed by atoms with E-state index in [0.29, 0.717) is 52.0 Å². The van der Waals surface area contributed by atoms with Gasteiger partial charge in [0.05, 0.1) is 26.8 Å². The third-order valence-electron chi connectivity index (χ3n) is 6.58. The number of ether oxygens (including phenoxy) is 3. The fourth-order valence-corrected chi connectivity index (χ4v) is 4.43. The number of para-hydroxylation sites is 1. The summed E-state index contributed by atoms with van der Waals surface area (Å²) < 4.78 is 17.8. The molecule has 0 radical (unpaired) electrons. The molecule has 0 spiro atoms. The number of hydrogen-bond acceptors (Lipinski definition) is 7. The highest BCUT2D eigenvalue weighted by Gasteiger charge is 2.34. The second kappa shape index (κ2) is 13.0. The van der Waals surface area contributed by atoms with Crippen molar-refractivity contribution in [2.75, 3.05) is 32.8 Å². The number of nitrogens with zero attached hydrogens (tertiary/aromatic N) is 4. The molecular formula is C30H35N5O5. The lowest BCUT2D eigenvalue weighted by atomic mass is 10.0. The van der Waals surface area contributed by atoms with Gasteiger partial charge in [-0.1, -0.05) is 43.3 Å². The standard InChI is InChI=1S/C30H35N5O5/c1-20(2)16-17-31-30(37)29(21-10-13-23(38-3)14-11-21)35(22-12-15-26(39-4)27(18-22)40-5)28(36)19-34-25-9-7-6-8-24(25)32-33-34/h6-15,18,20,29H,16-17,19H2,1-5H3,(H,31,37)/t29-/m0/s1. The zero-order valence-corrected chi connectivity index (χ0v) is 23.5. The van der Waals surface area contributed by atoms with Crippen molar-refractivity contribution >= 4 is 28.5 Å². The molecule has 0 aliphatic rings. The topological polar surface area (TPSA) is 108 Å². The molecule has 0 aliphatic carbocycles. The minimum Gasteiger partial charge on any atom is -0.497 e. The number of carbonyl (C=O) groups is 2. The van der Waals surface area contributed by atoms with Crippen LogP contribution in [-0.2, 0) is 16.1 Å². The second-order valence-electron chi connectivity index (χ2n) is 9.69. The number of hydrogen-bond donors (Lipinski definition) is 1. The first-order valence-corrected chi connectivity index (χ1v) is 13.1. The summed E-state index contributed by atoms with van der Waals surface area (Å²) in [5, 5.41) is 11.4. The van der Waals surface area contributed by atoms with Crippen LogP contribution in [0.25, 0.3) is 11.0 Å². The maximum absolute atomic E-state index is 14.2. The van der Waals surface area contributed by atoms with Crippen LogP contribution in [0.5, 0.6) is 17.2 Å². The summed E-state index contributed by atoms with van der Waals surface area (Å²) in [6.45, 7) is 4.52. The van der Waals surface area contributed by atoms with E-state index in [4.69, 9.17) is 14.2 Å². The van der Waals surface area contributed by atoms with E-state index in [1.165, 1.54) is 16.7 Å². The number of aromatic nitrogens is 3. The molecule has 0 aliphatic heterocycles. The van der Waals surface area contributed by atoms with E-state index in [-0.39, 0.29) is 18.4 Å². The molecule has 40 heavy (non-hydrogen) atoms. The first-order chi connectivity index (χ1) is 19.4. The Balaban J connectivity index is 1.82. The number of rotatable bonds is 12. The quantitative estimate of drug-likeness (QED) is 0.281. The summed E-state index contributed by atoms with van der Waals surface area (Å²) in [7, 11) is 4.64. The number of carbonyl (C=O) groups excluding carboxylic acids is 2. The maximum atomic E-state index is 14.2. The number of nitrogens with one attached hydrogen (secondary N) is 1. The lowest BCUT2D eigenvalue weighted by Crippen LogP contribution is -2.45. The van der Waals surface area contributed by atoms with E-state index in [1.54, 1.807) is 56.7 Å². The van der Waals surface area contributed by atoms with E-state index in [1.807, 2.05) is 24.3 Å². The third-order valence-corrected chi connectivity index (χ3v) is 6.58. The van der Waals surface area contributed by atoms with Crippen molar-refractivity contribution in [3.05, 3.63) is 72.3 Å².